The molecule has 0 radical (unpaired) electrons. The highest BCUT2D eigenvalue weighted by Crippen LogP contribution is 2.42. The molecule has 0 amide bonds. The Morgan fingerprint density at radius 1 is 1.29 bits per heavy atom. The smallest absolute Gasteiger partial charge is 0.182 e. The van der Waals surface area contributed by atoms with Gasteiger partial charge in [0, 0.05) is 36.8 Å². The number of piperazine rings is 1. The van der Waals surface area contributed by atoms with Crippen LogP contribution in [0.15, 0.2) is 12.1 Å². The van der Waals surface area contributed by atoms with E-state index in [1.807, 2.05) is 11.8 Å². The number of benzene rings is 1. The largest absolute Gasteiger partial charge is 0.363 e. The van der Waals surface area contributed by atoms with Crippen LogP contribution in [0.4, 0.5) is 18.9 Å². The molecule has 0 bridgehead atoms. The maximum atomic E-state index is 14.1. The summed E-state index contributed by atoms with van der Waals surface area (Å²) in [5.74, 6) is -2.23. The lowest BCUT2D eigenvalue weighted by Crippen LogP contribution is -2.64. The van der Waals surface area contributed by atoms with Crippen molar-refractivity contribution in [1.82, 2.24) is 5.32 Å². The quantitative estimate of drug-likeness (QED) is 0.860. The molecule has 1 aliphatic heterocycles. The lowest BCUT2D eigenvalue weighted by Gasteiger charge is -2.47. The zero-order valence-electron chi connectivity index (χ0n) is 12.4. The zero-order valence-corrected chi connectivity index (χ0v) is 12.4. The van der Waals surface area contributed by atoms with Gasteiger partial charge in [-0.3, -0.25) is 0 Å². The van der Waals surface area contributed by atoms with Crippen LogP contribution in [0.3, 0.4) is 0 Å². The fraction of sp³-hybridized carbons (Fsp3) is 0.625. The van der Waals surface area contributed by atoms with E-state index in [0.717, 1.165) is 25.3 Å². The van der Waals surface area contributed by atoms with Crippen molar-refractivity contribution in [3.8, 4) is 0 Å². The van der Waals surface area contributed by atoms with Crippen molar-refractivity contribution in [3.63, 3.8) is 0 Å². The molecule has 2 aliphatic rings. The van der Waals surface area contributed by atoms with Gasteiger partial charge in [0.2, 0.25) is 0 Å². The maximum Gasteiger partial charge on any atom is 0.182 e. The summed E-state index contributed by atoms with van der Waals surface area (Å²) < 4.78 is 41.2. The summed E-state index contributed by atoms with van der Waals surface area (Å²) in [4.78, 5) is 1.84. The van der Waals surface area contributed by atoms with Gasteiger partial charge in [-0.2, -0.15) is 0 Å². The van der Waals surface area contributed by atoms with Crippen molar-refractivity contribution in [2.45, 2.75) is 44.7 Å². The standard InChI is InChI=1S/C16H21F3N2/c1-3-12-8-20-16(2,10-4-5-10)9-21(12)14-7-11(17)6-13(18)15(14)19/h6-7,10,12,20H,3-5,8-9H2,1-2H3. The summed E-state index contributed by atoms with van der Waals surface area (Å²) in [7, 11) is 0. The Hall–Kier alpha value is -1.23. The van der Waals surface area contributed by atoms with Crippen LogP contribution in [0.5, 0.6) is 0 Å². The Morgan fingerprint density at radius 2 is 2.00 bits per heavy atom. The first-order valence-corrected chi connectivity index (χ1v) is 7.61. The van der Waals surface area contributed by atoms with Gasteiger partial charge < -0.3 is 10.2 Å². The predicted molar refractivity (Wildman–Crippen MR) is 76.9 cm³/mol. The third-order valence-electron chi connectivity index (χ3n) is 4.91. The molecule has 2 nitrogen and oxygen atoms in total. The van der Waals surface area contributed by atoms with E-state index in [1.165, 1.54) is 0 Å². The third kappa shape index (κ3) is 2.63. The van der Waals surface area contributed by atoms with Crippen LogP contribution in [0, 0.1) is 23.4 Å². The second-order valence-electron chi connectivity index (χ2n) is 6.48. The maximum absolute atomic E-state index is 14.1. The Morgan fingerprint density at radius 3 is 2.62 bits per heavy atom. The fourth-order valence-corrected chi connectivity index (χ4v) is 3.39. The van der Waals surface area contributed by atoms with E-state index >= 15 is 0 Å². The molecule has 1 saturated heterocycles. The summed E-state index contributed by atoms with van der Waals surface area (Å²) >= 11 is 0. The van der Waals surface area contributed by atoms with E-state index in [9.17, 15) is 13.2 Å². The van der Waals surface area contributed by atoms with Crippen LogP contribution in [0.25, 0.3) is 0 Å². The van der Waals surface area contributed by atoms with E-state index in [0.29, 0.717) is 25.1 Å². The molecule has 3 rings (SSSR count). The minimum atomic E-state index is -1.12. The highest BCUT2D eigenvalue weighted by atomic mass is 19.2. The van der Waals surface area contributed by atoms with E-state index in [4.69, 9.17) is 0 Å². The molecule has 1 N–H and O–H groups in total. The van der Waals surface area contributed by atoms with Gasteiger partial charge in [-0.15, -0.1) is 0 Å². The summed E-state index contributed by atoms with van der Waals surface area (Å²) in [6.07, 6.45) is 3.12. The first-order chi connectivity index (χ1) is 9.94. The molecule has 1 aromatic rings. The third-order valence-corrected chi connectivity index (χ3v) is 4.91. The van der Waals surface area contributed by atoms with Crippen molar-refractivity contribution >= 4 is 5.69 Å². The molecule has 0 aromatic heterocycles. The van der Waals surface area contributed by atoms with Gasteiger partial charge in [-0.05, 0) is 32.1 Å². The topological polar surface area (TPSA) is 15.3 Å². The molecular formula is C16H21F3N2. The second-order valence-corrected chi connectivity index (χ2v) is 6.48. The normalized spacial score (nSPS) is 29.8. The molecular weight excluding hydrogens is 277 g/mol. The molecule has 2 atom stereocenters. The Kier molecular flexibility index (Phi) is 3.64. The Labute approximate surface area is 123 Å². The zero-order chi connectivity index (χ0) is 15.2. The van der Waals surface area contributed by atoms with Crippen LogP contribution in [0.1, 0.15) is 33.1 Å². The summed E-state index contributed by atoms with van der Waals surface area (Å²) in [5, 5.41) is 3.56. The highest BCUT2D eigenvalue weighted by molar-refractivity contribution is 5.51. The summed E-state index contributed by atoms with van der Waals surface area (Å²) in [5.41, 5.74) is -0.0614. The SMILES string of the molecule is CCC1CNC(C)(C2CC2)CN1c1cc(F)cc(F)c1F. The first kappa shape index (κ1) is 14.7. The lowest BCUT2D eigenvalue weighted by molar-refractivity contribution is 0.251. The van der Waals surface area contributed by atoms with Crippen LogP contribution >= 0.6 is 0 Å². The Balaban J connectivity index is 1.96. The Bertz CT molecular complexity index is 545. The first-order valence-electron chi connectivity index (χ1n) is 7.61. The van der Waals surface area contributed by atoms with E-state index in [1.54, 1.807) is 0 Å². The number of hydrogen-bond acceptors (Lipinski definition) is 2. The van der Waals surface area contributed by atoms with Gasteiger partial charge in [0.1, 0.15) is 5.82 Å². The summed E-state index contributed by atoms with van der Waals surface area (Å²) in [6.45, 7) is 5.42. The van der Waals surface area contributed by atoms with Gasteiger partial charge in [-0.25, -0.2) is 13.2 Å². The minimum Gasteiger partial charge on any atom is -0.363 e. The van der Waals surface area contributed by atoms with Crippen molar-refractivity contribution in [3.05, 3.63) is 29.6 Å². The minimum absolute atomic E-state index is 0.0486. The molecule has 2 unspecified atom stereocenters. The highest BCUT2D eigenvalue weighted by Gasteiger charge is 2.46. The number of nitrogens with one attached hydrogen (secondary N) is 1. The number of hydrogen-bond donors (Lipinski definition) is 1. The molecule has 2 fully saturated rings. The van der Waals surface area contributed by atoms with Gasteiger partial charge >= 0.3 is 0 Å². The van der Waals surface area contributed by atoms with Crippen LogP contribution < -0.4 is 10.2 Å². The van der Waals surface area contributed by atoms with E-state index < -0.39 is 17.5 Å². The number of nitrogens with zero attached hydrogens (tertiary/aromatic N) is 1. The van der Waals surface area contributed by atoms with Crippen LogP contribution in [-0.2, 0) is 0 Å². The van der Waals surface area contributed by atoms with Crippen molar-refractivity contribution < 1.29 is 13.2 Å². The second kappa shape index (κ2) is 5.20. The average molecular weight is 298 g/mol. The molecule has 21 heavy (non-hydrogen) atoms. The average Bonchev–Trinajstić information content (AvgIpc) is 3.28. The van der Waals surface area contributed by atoms with Crippen LogP contribution in [0.2, 0.25) is 0 Å². The molecule has 1 aromatic carbocycles. The van der Waals surface area contributed by atoms with Crippen molar-refractivity contribution in [2.75, 3.05) is 18.0 Å². The van der Waals surface area contributed by atoms with Gasteiger partial charge in [0.05, 0.1) is 5.69 Å². The number of halogens is 3. The lowest BCUT2D eigenvalue weighted by atomic mass is 9.90. The molecule has 5 heteroatoms. The molecule has 0 spiro atoms. The predicted octanol–water partition coefficient (Wildman–Crippen LogP) is 3.46. The molecule has 116 valence electrons. The van der Waals surface area contributed by atoms with Gasteiger partial charge in [0.15, 0.2) is 11.6 Å². The summed E-state index contributed by atoms with van der Waals surface area (Å²) in [6, 6.07) is 1.76. The molecule has 1 aliphatic carbocycles. The van der Waals surface area contributed by atoms with E-state index in [-0.39, 0.29) is 17.3 Å². The fourth-order valence-electron chi connectivity index (χ4n) is 3.39. The van der Waals surface area contributed by atoms with Crippen molar-refractivity contribution in [1.29, 1.82) is 0 Å². The van der Waals surface area contributed by atoms with Gasteiger partial charge in [-0.1, -0.05) is 6.92 Å². The van der Waals surface area contributed by atoms with Crippen molar-refractivity contribution in [2.24, 2.45) is 5.92 Å². The molecule has 1 heterocycles. The van der Waals surface area contributed by atoms with E-state index in [2.05, 4.69) is 12.2 Å². The van der Waals surface area contributed by atoms with Gasteiger partial charge in [0.25, 0.3) is 0 Å². The number of rotatable bonds is 3. The number of anilines is 1. The monoisotopic (exact) mass is 298 g/mol. The molecule has 1 saturated carbocycles. The van der Waals surface area contributed by atoms with Crippen LogP contribution in [-0.4, -0.2) is 24.7 Å².